The Morgan fingerprint density at radius 1 is 1.39 bits per heavy atom. The lowest BCUT2D eigenvalue weighted by Crippen LogP contribution is -2.48. The molecule has 102 valence electrons. The molecule has 2 amide bonds. The lowest BCUT2D eigenvalue weighted by Gasteiger charge is -2.34. The zero-order valence-corrected chi connectivity index (χ0v) is 11.1. The summed E-state index contributed by atoms with van der Waals surface area (Å²) in [5, 5.41) is 12.6. The first-order valence-electron chi connectivity index (χ1n) is 7.07. The SMILES string of the molecule is CC(O)C1CCN(C(=O)NC2C=CCCC2)CC1. The van der Waals surface area contributed by atoms with Crippen molar-refractivity contribution in [2.24, 2.45) is 5.92 Å². The van der Waals surface area contributed by atoms with Gasteiger partial charge >= 0.3 is 6.03 Å². The normalized spacial score (nSPS) is 27.0. The molecule has 1 heterocycles. The number of carbonyl (C=O) groups is 1. The number of nitrogens with one attached hydrogen (secondary N) is 1. The van der Waals surface area contributed by atoms with Crippen molar-refractivity contribution in [1.82, 2.24) is 10.2 Å². The summed E-state index contributed by atoms with van der Waals surface area (Å²) in [4.78, 5) is 13.9. The number of hydrogen-bond acceptors (Lipinski definition) is 2. The van der Waals surface area contributed by atoms with Crippen molar-refractivity contribution in [2.45, 2.75) is 51.2 Å². The molecule has 1 aliphatic heterocycles. The minimum Gasteiger partial charge on any atom is -0.393 e. The van der Waals surface area contributed by atoms with E-state index in [0.29, 0.717) is 5.92 Å². The molecule has 2 N–H and O–H groups in total. The second kappa shape index (κ2) is 6.23. The third-order valence-electron chi connectivity index (χ3n) is 4.07. The van der Waals surface area contributed by atoms with Gasteiger partial charge in [-0.1, -0.05) is 12.2 Å². The van der Waals surface area contributed by atoms with E-state index < -0.39 is 0 Å². The molecule has 1 aliphatic carbocycles. The predicted molar refractivity (Wildman–Crippen MR) is 71.3 cm³/mol. The molecule has 0 aromatic rings. The summed E-state index contributed by atoms with van der Waals surface area (Å²) in [7, 11) is 0. The molecule has 4 heteroatoms. The van der Waals surface area contributed by atoms with Gasteiger partial charge in [0.15, 0.2) is 0 Å². The first-order chi connectivity index (χ1) is 8.66. The number of nitrogens with zero attached hydrogens (tertiary/aromatic N) is 1. The topological polar surface area (TPSA) is 52.6 Å². The van der Waals surface area contributed by atoms with E-state index in [1.807, 2.05) is 11.8 Å². The van der Waals surface area contributed by atoms with Crippen LogP contribution in [-0.4, -0.2) is 41.3 Å². The van der Waals surface area contributed by atoms with E-state index in [1.54, 1.807) is 0 Å². The molecule has 0 spiro atoms. The summed E-state index contributed by atoms with van der Waals surface area (Å²) >= 11 is 0. The van der Waals surface area contributed by atoms with E-state index in [0.717, 1.165) is 45.2 Å². The maximum atomic E-state index is 12.1. The van der Waals surface area contributed by atoms with Gasteiger partial charge in [-0.05, 0) is 44.9 Å². The van der Waals surface area contributed by atoms with Crippen molar-refractivity contribution < 1.29 is 9.90 Å². The average Bonchev–Trinajstić information content (AvgIpc) is 2.40. The van der Waals surface area contributed by atoms with Crippen LogP contribution in [0, 0.1) is 5.92 Å². The number of hydrogen-bond donors (Lipinski definition) is 2. The van der Waals surface area contributed by atoms with Gasteiger partial charge < -0.3 is 15.3 Å². The Morgan fingerprint density at radius 3 is 2.67 bits per heavy atom. The van der Waals surface area contributed by atoms with E-state index in [2.05, 4.69) is 17.5 Å². The van der Waals surface area contributed by atoms with Gasteiger partial charge in [-0.15, -0.1) is 0 Å². The van der Waals surface area contributed by atoms with Gasteiger partial charge in [-0.3, -0.25) is 0 Å². The minimum absolute atomic E-state index is 0.0515. The van der Waals surface area contributed by atoms with Crippen molar-refractivity contribution >= 4 is 6.03 Å². The molecule has 2 unspecified atom stereocenters. The van der Waals surface area contributed by atoms with Crippen LogP contribution in [0.3, 0.4) is 0 Å². The first kappa shape index (κ1) is 13.4. The van der Waals surface area contributed by atoms with Gasteiger partial charge in [0.05, 0.1) is 6.10 Å². The number of rotatable bonds is 2. The molecule has 0 aromatic carbocycles. The Morgan fingerprint density at radius 2 is 2.11 bits per heavy atom. The summed E-state index contributed by atoms with van der Waals surface area (Å²) < 4.78 is 0. The number of aliphatic hydroxyl groups excluding tert-OH is 1. The van der Waals surface area contributed by atoms with Crippen molar-refractivity contribution in [3.63, 3.8) is 0 Å². The first-order valence-corrected chi connectivity index (χ1v) is 7.07. The Labute approximate surface area is 109 Å². The Balaban J connectivity index is 1.77. The van der Waals surface area contributed by atoms with Crippen molar-refractivity contribution in [1.29, 1.82) is 0 Å². The maximum absolute atomic E-state index is 12.1. The van der Waals surface area contributed by atoms with Crippen LogP contribution in [0.15, 0.2) is 12.2 Å². The second-order valence-electron chi connectivity index (χ2n) is 5.48. The molecule has 2 rings (SSSR count). The molecule has 18 heavy (non-hydrogen) atoms. The smallest absolute Gasteiger partial charge is 0.317 e. The molecule has 1 fully saturated rings. The standard InChI is InChI=1S/C14H24N2O2/c1-11(17)12-7-9-16(10-8-12)14(18)15-13-5-3-2-4-6-13/h3,5,11-13,17H,2,4,6-10H2,1H3,(H,15,18). The fourth-order valence-corrected chi connectivity index (χ4v) is 2.77. The van der Waals surface area contributed by atoms with Gasteiger partial charge in [0.1, 0.15) is 0 Å². The summed E-state index contributed by atoms with van der Waals surface area (Å²) in [6.45, 7) is 3.36. The fraction of sp³-hybridized carbons (Fsp3) is 0.786. The third-order valence-corrected chi connectivity index (χ3v) is 4.07. The highest BCUT2D eigenvalue weighted by molar-refractivity contribution is 5.74. The van der Waals surface area contributed by atoms with Crippen LogP contribution in [0.4, 0.5) is 4.79 Å². The van der Waals surface area contributed by atoms with Gasteiger partial charge in [0.2, 0.25) is 0 Å². The van der Waals surface area contributed by atoms with Gasteiger partial charge in [-0.2, -0.15) is 0 Å². The van der Waals surface area contributed by atoms with Gasteiger partial charge in [0.25, 0.3) is 0 Å². The molecule has 0 bridgehead atoms. The highest BCUT2D eigenvalue weighted by Crippen LogP contribution is 2.20. The summed E-state index contributed by atoms with van der Waals surface area (Å²) in [6.07, 6.45) is 9.15. The summed E-state index contributed by atoms with van der Waals surface area (Å²) in [6, 6.07) is 0.260. The van der Waals surface area contributed by atoms with Crippen LogP contribution in [-0.2, 0) is 0 Å². The average molecular weight is 252 g/mol. The molecular weight excluding hydrogens is 228 g/mol. The molecule has 1 saturated heterocycles. The largest absolute Gasteiger partial charge is 0.393 e. The zero-order valence-electron chi connectivity index (χ0n) is 11.1. The van der Waals surface area contributed by atoms with Crippen LogP contribution in [0.5, 0.6) is 0 Å². The quantitative estimate of drug-likeness (QED) is 0.737. The highest BCUT2D eigenvalue weighted by Gasteiger charge is 2.26. The van der Waals surface area contributed by atoms with Crippen LogP contribution >= 0.6 is 0 Å². The molecule has 4 nitrogen and oxygen atoms in total. The number of allylic oxidation sites excluding steroid dienone is 1. The number of amides is 2. The van der Waals surface area contributed by atoms with Crippen LogP contribution in [0.1, 0.15) is 39.0 Å². The second-order valence-corrected chi connectivity index (χ2v) is 5.48. The molecule has 0 aromatic heterocycles. The Kier molecular flexibility index (Phi) is 4.64. The molecule has 2 atom stereocenters. The van der Waals surface area contributed by atoms with E-state index >= 15 is 0 Å². The van der Waals surface area contributed by atoms with Crippen molar-refractivity contribution in [3.05, 3.63) is 12.2 Å². The van der Waals surface area contributed by atoms with E-state index in [4.69, 9.17) is 0 Å². The maximum Gasteiger partial charge on any atom is 0.317 e. The fourth-order valence-electron chi connectivity index (χ4n) is 2.77. The zero-order chi connectivity index (χ0) is 13.0. The number of aliphatic hydroxyl groups is 1. The monoisotopic (exact) mass is 252 g/mol. The number of urea groups is 1. The lowest BCUT2D eigenvalue weighted by molar-refractivity contribution is 0.0795. The van der Waals surface area contributed by atoms with Gasteiger partial charge in [0, 0.05) is 19.1 Å². The predicted octanol–water partition coefficient (Wildman–Crippen LogP) is 1.90. The van der Waals surface area contributed by atoms with E-state index in [1.165, 1.54) is 0 Å². The molecule has 2 aliphatic rings. The number of likely N-dealkylation sites (tertiary alicyclic amines) is 1. The van der Waals surface area contributed by atoms with Crippen LogP contribution in [0.25, 0.3) is 0 Å². The Bertz CT molecular complexity index is 307. The molecule has 0 radical (unpaired) electrons. The number of carbonyl (C=O) groups excluding carboxylic acids is 1. The lowest BCUT2D eigenvalue weighted by atomic mass is 9.92. The van der Waals surface area contributed by atoms with Crippen LogP contribution in [0.2, 0.25) is 0 Å². The minimum atomic E-state index is -0.253. The highest BCUT2D eigenvalue weighted by atomic mass is 16.3. The van der Waals surface area contributed by atoms with E-state index in [-0.39, 0.29) is 18.2 Å². The number of piperidine rings is 1. The molecule has 0 saturated carbocycles. The Hall–Kier alpha value is -1.03. The summed E-state index contributed by atoms with van der Waals surface area (Å²) in [5.74, 6) is 0.351. The van der Waals surface area contributed by atoms with E-state index in [9.17, 15) is 9.90 Å². The van der Waals surface area contributed by atoms with Crippen molar-refractivity contribution in [3.8, 4) is 0 Å². The third kappa shape index (κ3) is 3.48. The van der Waals surface area contributed by atoms with Crippen molar-refractivity contribution in [2.75, 3.05) is 13.1 Å². The van der Waals surface area contributed by atoms with Crippen LogP contribution < -0.4 is 5.32 Å². The molecular formula is C14H24N2O2. The summed E-state index contributed by atoms with van der Waals surface area (Å²) in [5.41, 5.74) is 0. The van der Waals surface area contributed by atoms with Gasteiger partial charge in [-0.25, -0.2) is 4.79 Å².